The van der Waals surface area contributed by atoms with Gasteiger partial charge >= 0.3 is 5.97 Å². The highest BCUT2D eigenvalue weighted by atomic mass is 19.2. The molecular weight excluding hydrogens is 643 g/mol. The minimum absolute atomic E-state index is 0.0117. The Labute approximate surface area is 280 Å². The number of nitrogens with zero attached hydrogens (tertiary/aromatic N) is 2. The van der Waals surface area contributed by atoms with Crippen molar-refractivity contribution >= 4 is 23.3 Å². The van der Waals surface area contributed by atoms with E-state index in [1.807, 2.05) is 54.6 Å². The molecule has 2 fully saturated rings. The lowest BCUT2D eigenvalue weighted by molar-refractivity contribution is -0.119. The SMILES string of the molecule is O=C(O)c1ccc(N(Cc2ccc(C3CCCCC3)cc2)C(=O)C2CCCN2c2c(F)c(F)c(F)c(F)c2F)cc1OCc1ccccc1. The molecule has 0 aromatic heterocycles. The Morgan fingerprint density at radius 3 is 2.06 bits per heavy atom. The maximum Gasteiger partial charge on any atom is 0.339 e. The number of hydrogen-bond acceptors (Lipinski definition) is 4. The molecular formula is C38H35F5N2O4. The van der Waals surface area contributed by atoms with Gasteiger partial charge < -0.3 is 19.6 Å². The molecule has 1 amide bonds. The van der Waals surface area contributed by atoms with Gasteiger partial charge in [0.05, 0.1) is 6.54 Å². The number of ether oxygens (including phenoxy) is 1. The van der Waals surface area contributed by atoms with Crippen molar-refractivity contribution in [2.45, 2.75) is 70.1 Å². The van der Waals surface area contributed by atoms with Crippen molar-refractivity contribution < 1.29 is 41.4 Å². The predicted molar refractivity (Wildman–Crippen MR) is 174 cm³/mol. The fourth-order valence-corrected chi connectivity index (χ4v) is 6.84. The number of carboxylic acids is 1. The van der Waals surface area contributed by atoms with Gasteiger partial charge in [-0.2, -0.15) is 0 Å². The molecule has 4 aromatic carbocycles. The van der Waals surface area contributed by atoms with Gasteiger partial charge in [0.1, 0.15) is 29.6 Å². The van der Waals surface area contributed by atoms with Crippen LogP contribution in [-0.4, -0.2) is 29.6 Å². The van der Waals surface area contributed by atoms with E-state index < -0.39 is 52.7 Å². The summed E-state index contributed by atoms with van der Waals surface area (Å²) in [5.74, 6) is -12.0. The zero-order valence-corrected chi connectivity index (χ0v) is 26.6. The Bertz CT molecular complexity index is 1800. The number of benzene rings is 4. The Kier molecular flexibility index (Phi) is 10.2. The Morgan fingerprint density at radius 1 is 0.755 bits per heavy atom. The summed E-state index contributed by atoms with van der Waals surface area (Å²) in [6.45, 7) is -0.102. The van der Waals surface area contributed by atoms with Crippen molar-refractivity contribution in [3.8, 4) is 5.75 Å². The molecule has 1 heterocycles. The summed E-state index contributed by atoms with van der Waals surface area (Å²) in [6.07, 6.45) is 6.07. The van der Waals surface area contributed by atoms with Gasteiger partial charge in [-0.25, -0.2) is 26.7 Å². The molecule has 1 saturated carbocycles. The van der Waals surface area contributed by atoms with E-state index in [0.717, 1.165) is 41.7 Å². The van der Waals surface area contributed by atoms with Crippen LogP contribution in [-0.2, 0) is 17.9 Å². The standard InChI is InChI=1S/C38H35F5N2O4/c39-31-32(40)34(42)36(35(43)33(31)41)44-19-7-12-29(44)37(46)45(21-23-13-15-26(16-14-23)25-10-5-2-6-11-25)27-17-18-28(38(47)48)30(20-27)49-22-24-8-3-1-4-9-24/h1,3-4,8-9,13-18,20,25,29H,2,5-7,10-12,19,21-22H2,(H,47,48). The number of halogens is 5. The summed E-state index contributed by atoms with van der Waals surface area (Å²) in [5.41, 5.74) is 1.63. The van der Waals surface area contributed by atoms with E-state index in [-0.39, 0.29) is 49.5 Å². The van der Waals surface area contributed by atoms with Crippen LogP contribution >= 0.6 is 0 Å². The fraction of sp³-hybridized carbons (Fsp3) is 0.316. The lowest BCUT2D eigenvalue weighted by Crippen LogP contribution is -2.46. The molecule has 6 nitrogen and oxygen atoms in total. The first-order valence-corrected chi connectivity index (χ1v) is 16.4. The number of rotatable bonds is 10. The molecule has 6 rings (SSSR count). The molecule has 0 bridgehead atoms. The van der Waals surface area contributed by atoms with Gasteiger partial charge in [0, 0.05) is 18.3 Å². The number of carboxylic acid groups (broad SMARTS) is 1. The molecule has 11 heteroatoms. The number of carbonyl (C=O) groups is 2. The summed E-state index contributed by atoms with van der Waals surface area (Å²) < 4.78 is 78.3. The zero-order chi connectivity index (χ0) is 34.7. The molecule has 1 unspecified atom stereocenters. The molecule has 0 spiro atoms. The number of amides is 1. The molecule has 4 aromatic rings. The van der Waals surface area contributed by atoms with E-state index in [2.05, 4.69) is 0 Å². The maximum absolute atomic E-state index is 15.0. The highest BCUT2D eigenvalue weighted by Gasteiger charge is 2.40. The second-order valence-electron chi connectivity index (χ2n) is 12.5. The quantitative estimate of drug-likeness (QED) is 0.103. The Balaban J connectivity index is 1.37. The largest absolute Gasteiger partial charge is 0.488 e. The third-order valence-corrected chi connectivity index (χ3v) is 9.42. The molecule has 1 N–H and O–H groups in total. The van der Waals surface area contributed by atoms with Crippen LogP contribution in [0.15, 0.2) is 72.8 Å². The van der Waals surface area contributed by atoms with E-state index in [9.17, 15) is 36.6 Å². The van der Waals surface area contributed by atoms with Gasteiger partial charge in [-0.05, 0) is 60.4 Å². The minimum atomic E-state index is -2.28. The van der Waals surface area contributed by atoms with Crippen LogP contribution in [0.25, 0.3) is 0 Å². The molecule has 49 heavy (non-hydrogen) atoms. The number of anilines is 2. The number of hydrogen-bond donors (Lipinski definition) is 1. The van der Waals surface area contributed by atoms with Crippen LogP contribution in [0.1, 0.15) is 77.9 Å². The summed E-state index contributed by atoms with van der Waals surface area (Å²) in [5, 5.41) is 9.89. The van der Waals surface area contributed by atoms with Crippen molar-refractivity contribution in [3.63, 3.8) is 0 Å². The third kappa shape index (κ3) is 7.11. The minimum Gasteiger partial charge on any atom is -0.488 e. The van der Waals surface area contributed by atoms with Crippen LogP contribution in [0.5, 0.6) is 5.75 Å². The van der Waals surface area contributed by atoms with Gasteiger partial charge in [0.15, 0.2) is 23.3 Å². The summed E-state index contributed by atoms with van der Waals surface area (Å²) in [4.78, 5) is 28.8. The van der Waals surface area contributed by atoms with Crippen LogP contribution < -0.4 is 14.5 Å². The van der Waals surface area contributed by atoms with Crippen molar-refractivity contribution in [1.82, 2.24) is 0 Å². The average molecular weight is 679 g/mol. The van der Waals surface area contributed by atoms with Crippen LogP contribution in [0, 0.1) is 29.1 Å². The highest BCUT2D eigenvalue weighted by molar-refractivity contribution is 6.00. The van der Waals surface area contributed by atoms with Crippen molar-refractivity contribution in [3.05, 3.63) is 124 Å². The van der Waals surface area contributed by atoms with Crippen LogP contribution in [0.4, 0.5) is 33.3 Å². The Morgan fingerprint density at radius 2 is 1.41 bits per heavy atom. The van der Waals surface area contributed by atoms with Crippen LogP contribution in [0.2, 0.25) is 0 Å². The van der Waals surface area contributed by atoms with Gasteiger partial charge in [0.25, 0.3) is 0 Å². The molecule has 2 aliphatic rings. The smallest absolute Gasteiger partial charge is 0.339 e. The lowest BCUT2D eigenvalue weighted by Gasteiger charge is -2.32. The molecule has 1 aliphatic carbocycles. The zero-order valence-electron chi connectivity index (χ0n) is 26.6. The van der Waals surface area contributed by atoms with Crippen LogP contribution in [0.3, 0.4) is 0 Å². The second kappa shape index (κ2) is 14.7. The first kappa shape index (κ1) is 34.0. The summed E-state index contributed by atoms with van der Waals surface area (Å²) in [6, 6.07) is 19.8. The second-order valence-corrected chi connectivity index (χ2v) is 12.5. The van der Waals surface area contributed by atoms with E-state index in [4.69, 9.17) is 4.74 Å². The number of aromatic carboxylic acids is 1. The maximum atomic E-state index is 15.0. The van der Waals surface area contributed by atoms with E-state index in [1.54, 1.807) is 0 Å². The van der Waals surface area contributed by atoms with Crippen molar-refractivity contribution in [2.75, 3.05) is 16.3 Å². The molecule has 0 radical (unpaired) electrons. The van der Waals surface area contributed by atoms with E-state index >= 15 is 0 Å². The van der Waals surface area contributed by atoms with Gasteiger partial charge in [-0.1, -0.05) is 73.9 Å². The molecule has 256 valence electrons. The molecule has 1 aliphatic heterocycles. The first-order valence-electron chi connectivity index (χ1n) is 16.4. The third-order valence-electron chi connectivity index (χ3n) is 9.42. The van der Waals surface area contributed by atoms with E-state index in [1.165, 1.54) is 35.1 Å². The summed E-state index contributed by atoms with van der Waals surface area (Å²) >= 11 is 0. The normalized spacial score (nSPS) is 16.5. The Hall–Kier alpha value is -4.93. The number of carbonyl (C=O) groups excluding carboxylic acids is 1. The molecule has 1 saturated heterocycles. The van der Waals surface area contributed by atoms with Crippen molar-refractivity contribution in [2.24, 2.45) is 0 Å². The summed E-state index contributed by atoms with van der Waals surface area (Å²) in [7, 11) is 0. The van der Waals surface area contributed by atoms with E-state index in [0.29, 0.717) is 5.92 Å². The lowest BCUT2D eigenvalue weighted by atomic mass is 9.84. The van der Waals surface area contributed by atoms with Gasteiger partial charge in [-0.15, -0.1) is 0 Å². The van der Waals surface area contributed by atoms with Gasteiger partial charge in [-0.3, -0.25) is 4.79 Å². The van der Waals surface area contributed by atoms with Crippen molar-refractivity contribution in [1.29, 1.82) is 0 Å². The monoisotopic (exact) mass is 678 g/mol. The molecule has 1 atom stereocenters. The first-order chi connectivity index (χ1) is 23.6. The predicted octanol–water partition coefficient (Wildman–Crippen LogP) is 8.91. The van der Waals surface area contributed by atoms with Gasteiger partial charge in [0.2, 0.25) is 11.7 Å². The highest BCUT2D eigenvalue weighted by Crippen LogP contribution is 2.37. The average Bonchev–Trinajstić information content (AvgIpc) is 3.61. The topological polar surface area (TPSA) is 70.1 Å². The fourth-order valence-electron chi connectivity index (χ4n) is 6.84.